The van der Waals surface area contributed by atoms with Crippen LogP contribution in [0.25, 0.3) is 0 Å². The third-order valence-corrected chi connectivity index (χ3v) is 3.75. The van der Waals surface area contributed by atoms with Crippen LogP contribution in [0.1, 0.15) is 5.56 Å². The fourth-order valence-corrected chi connectivity index (χ4v) is 2.49. The van der Waals surface area contributed by atoms with Gasteiger partial charge in [0.2, 0.25) is 0 Å². The summed E-state index contributed by atoms with van der Waals surface area (Å²) in [5.74, 6) is 0.420. The standard InChI is InChI=1S/C15H15N3O3S/c19-8-9-22-15-7-6-12(10-14(15)18(20)21)11-16-17-13-4-2-1-3-5-13/h1-7,10-11,17,19H,8-9H2/b16-11-. The van der Waals surface area contributed by atoms with Gasteiger partial charge in [-0.25, -0.2) is 0 Å². The molecule has 0 saturated heterocycles. The van der Waals surface area contributed by atoms with E-state index in [4.69, 9.17) is 5.11 Å². The number of nitro groups is 1. The van der Waals surface area contributed by atoms with E-state index in [1.165, 1.54) is 24.0 Å². The molecule has 0 aliphatic carbocycles. The second-order valence-electron chi connectivity index (χ2n) is 4.29. The molecule has 0 fully saturated rings. The Hall–Kier alpha value is -2.38. The zero-order chi connectivity index (χ0) is 15.8. The number of benzene rings is 2. The molecule has 0 spiro atoms. The fraction of sp³-hybridized carbons (Fsp3) is 0.133. The first-order valence-corrected chi connectivity index (χ1v) is 7.55. The van der Waals surface area contributed by atoms with Crippen LogP contribution >= 0.6 is 11.8 Å². The number of nitrogens with one attached hydrogen (secondary N) is 1. The number of aliphatic hydroxyl groups excluding tert-OH is 1. The van der Waals surface area contributed by atoms with Crippen molar-refractivity contribution in [1.82, 2.24) is 0 Å². The van der Waals surface area contributed by atoms with Gasteiger partial charge in [-0.3, -0.25) is 15.5 Å². The van der Waals surface area contributed by atoms with Crippen molar-refractivity contribution < 1.29 is 10.0 Å². The van der Waals surface area contributed by atoms with Crippen LogP contribution in [-0.2, 0) is 0 Å². The number of nitrogens with zero attached hydrogens (tertiary/aromatic N) is 2. The lowest BCUT2D eigenvalue weighted by Gasteiger charge is -2.03. The molecule has 0 atom stereocenters. The lowest BCUT2D eigenvalue weighted by atomic mass is 10.2. The van der Waals surface area contributed by atoms with Crippen LogP contribution in [0.2, 0.25) is 0 Å². The Morgan fingerprint density at radius 1 is 1.27 bits per heavy atom. The number of hydrogen-bond donors (Lipinski definition) is 2. The Kier molecular flexibility index (Phi) is 5.93. The van der Waals surface area contributed by atoms with Gasteiger partial charge in [0.05, 0.1) is 28.3 Å². The molecule has 2 aromatic rings. The van der Waals surface area contributed by atoms with Crippen molar-refractivity contribution in [2.45, 2.75) is 4.90 Å². The molecule has 6 nitrogen and oxygen atoms in total. The fourth-order valence-electron chi connectivity index (χ4n) is 1.73. The molecule has 0 unspecified atom stereocenters. The van der Waals surface area contributed by atoms with E-state index in [-0.39, 0.29) is 12.3 Å². The SMILES string of the molecule is O=[N+]([O-])c1cc(/C=N\Nc2ccccc2)ccc1SCCO. The van der Waals surface area contributed by atoms with Crippen LogP contribution in [0, 0.1) is 10.1 Å². The number of aliphatic hydroxyl groups is 1. The molecule has 2 N–H and O–H groups in total. The molecular formula is C15H15N3O3S. The van der Waals surface area contributed by atoms with Crippen molar-refractivity contribution in [3.63, 3.8) is 0 Å². The molecule has 7 heteroatoms. The maximum absolute atomic E-state index is 11.1. The number of hydrogen-bond acceptors (Lipinski definition) is 6. The van der Waals surface area contributed by atoms with E-state index in [1.54, 1.807) is 12.1 Å². The molecule has 0 radical (unpaired) electrons. The second kappa shape index (κ2) is 8.16. The van der Waals surface area contributed by atoms with Gasteiger partial charge >= 0.3 is 0 Å². The monoisotopic (exact) mass is 317 g/mol. The molecule has 114 valence electrons. The number of anilines is 1. The van der Waals surface area contributed by atoms with Gasteiger partial charge in [-0.05, 0) is 18.2 Å². The summed E-state index contributed by atoms with van der Waals surface area (Å²) >= 11 is 1.25. The van der Waals surface area contributed by atoms with E-state index in [2.05, 4.69) is 10.5 Å². The summed E-state index contributed by atoms with van der Waals surface area (Å²) in [6, 6.07) is 14.3. The van der Waals surface area contributed by atoms with E-state index in [9.17, 15) is 10.1 Å². The smallest absolute Gasteiger partial charge is 0.283 e. The molecule has 2 aromatic carbocycles. The van der Waals surface area contributed by atoms with Crippen molar-refractivity contribution in [1.29, 1.82) is 0 Å². The summed E-state index contributed by atoms with van der Waals surface area (Å²) in [5, 5.41) is 24.0. The van der Waals surface area contributed by atoms with Crippen LogP contribution in [0.15, 0.2) is 58.5 Å². The lowest BCUT2D eigenvalue weighted by Crippen LogP contribution is -1.96. The number of para-hydroxylation sites is 1. The van der Waals surface area contributed by atoms with E-state index in [1.807, 2.05) is 30.3 Å². The summed E-state index contributed by atoms with van der Waals surface area (Å²) in [4.78, 5) is 11.2. The predicted molar refractivity (Wildman–Crippen MR) is 88.6 cm³/mol. The number of hydrazone groups is 1. The summed E-state index contributed by atoms with van der Waals surface area (Å²) in [5.41, 5.74) is 4.33. The summed E-state index contributed by atoms with van der Waals surface area (Å²) in [6.07, 6.45) is 1.53. The van der Waals surface area contributed by atoms with Gasteiger partial charge in [-0.15, -0.1) is 11.8 Å². The van der Waals surface area contributed by atoms with Gasteiger partial charge in [0.25, 0.3) is 5.69 Å². The lowest BCUT2D eigenvalue weighted by molar-refractivity contribution is -0.387. The van der Waals surface area contributed by atoms with Crippen LogP contribution in [0.4, 0.5) is 11.4 Å². The van der Waals surface area contributed by atoms with Gasteiger partial charge in [0.15, 0.2) is 0 Å². The number of thioether (sulfide) groups is 1. The van der Waals surface area contributed by atoms with E-state index < -0.39 is 4.92 Å². The van der Waals surface area contributed by atoms with Crippen LogP contribution < -0.4 is 5.43 Å². The van der Waals surface area contributed by atoms with E-state index in [0.717, 1.165) is 5.69 Å². The van der Waals surface area contributed by atoms with E-state index in [0.29, 0.717) is 16.2 Å². The Labute approximate surface area is 132 Å². The Balaban J connectivity index is 2.11. The molecule has 0 aromatic heterocycles. The normalized spacial score (nSPS) is 10.8. The first-order valence-electron chi connectivity index (χ1n) is 6.57. The number of rotatable bonds is 7. The quantitative estimate of drug-likeness (QED) is 0.354. The van der Waals surface area contributed by atoms with Crippen molar-refractivity contribution in [2.24, 2.45) is 5.10 Å². The number of nitro benzene ring substituents is 1. The second-order valence-corrected chi connectivity index (χ2v) is 5.43. The minimum Gasteiger partial charge on any atom is -0.396 e. The van der Waals surface area contributed by atoms with E-state index >= 15 is 0 Å². The average molecular weight is 317 g/mol. The maximum Gasteiger partial charge on any atom is 0.283 e. The Bertz CT molecular complexity index is 662. The van der Waals surface area contributed by atoms with Gasteiger partial charge in [-0.2, -0.15) is 5.10 Å². The molecule has 0 aliphatic rings. The molecular weight excluding hydrogens is 302 g/mol. The molecule has 22 heavy (non-hydrogen) atoms. The minimum atomic E-state index is -0.429. The first kappa shape index (κ1) is 16.0. The first-order chi connectivity index (χ1) is 10.7. The maximum atomic E-state index is 11.1. The van der Waals surface area contributed by atoms with Gasteiger partial charge in [-0.1, -0.05) is 24.3 Å². The highest BCUT2D eigenvalue weighted by Gasteiger charge is 2.14. The molecule has 0 amide bonds. The van der Waals surface area contributed by atoms with Gasteiger partial charge in [0.1, 0.15) is 0 Å². The molecule has 0 saturated carbocycles. The molecule has 0 heterocycles. The summed E-state index contributed by atoms with van der Waals surface area (Å²) in [6.45, 7) is -0.0218. The Morgan fingerprint density at radius 2 is 2.05 bits per heavy atom. The van der Waals surface area contributed by atoms with Crippen molar-refractivity contribution in [2.75, 3.05) is 17.8 Å². The van der Waals surface area contributed by atoms with Crippen LogP contribution in [0.5, 0.6) is 0 Å². The minimum absolute atomic E-state index is 0.0158. The third kappa shape index (κ3) is 4.57. The zero-order valence-electron chi connectivity index (χ0n) is 11.7. The topological polar surface area (TPSA) is 87.8 Å². The molecule has 2 rings (SSSR count). The van der Waals surface area contributed by atoms with Crippen molar-refractivity contribution in [3.05, 3.63) is 64.2 Å². The predicted octanol–water partition coefficient (Wildman–Crippen LogP) is 3.13. The van der Waals surface area contributed by atoms with Gasteiger partial charge < -0.3 is 5.11 Å². The average Bonchev–Trinajstić information content (AvgIpc) is 2.54. The highest BCUT2D eigenvalue weighted by molar-refractivity contribution is 7.99. The van der Waals surface area contributed by atoms with Crippen molar-refractivity contribution >= 4 is 29.4 Å². The largest absolute Gasteiger partial charge is 0.396 e. The Morgan fingerprint density at radius 3 is 2.73 bits per heavy atom. The van der Waals surface area contributed by atoms with Crippen molar-refractivity contribution in [3.8, 4) is 0 Å². The summed E-state index contributed by atoms with van der Waals surface area (Å²) < 4.78 is 0. The summed E-state index contributed by atoms with van der Waals surface area (Å²) in [7, 11) is 0. The van der Waals surface area contributed by atoms with Crippen LogP contribution in [-0.4, -0.2) is 28.6 Å². The highest BCUT2D eigenvalue weighted by Crippen LogP contribution is 2.29. The van der Waals surface area contributed by atoms with Crippen LogP contribution in [0.3, 0.4) is 0 Å². The molecule has 0 aliphatic heterocycles. The zero-order valence-corrected chi connectivity index (χ0v) is 12.5. The van der Waals surface area contributed by atoms with Gasteiger partial charge in [0, 0.05) is 17.4 Å². The highest BCUT2D eigenvalue weighted by atomic mass is 32.2. The third-order valence-electron chi connectivity index (χ3n) is 2.71. The molecule has 0 bridgehead atoms.